The lowest BCUT2D eigenvalue weighted by atomic mass is 9.97. The highest BCUT2D eigenvalue weighted by molar-refractivity contribution is 7.92. The number of hydrogen-bond acceptors (Lipinski definition) is 5. The molecule has 8 heteroatoms. The molecule has 0 aliphatic carbocycles. The van der Waals surface area contributed by atoms with Gasteiger partial charge in [0, 0.05) is 19.3 Å². The Morgan fingerprint density at radius 1 is 1.27 bits per heavy atom. The summed E-state index contributed by atoms with van der Waals surface area (Å²) in [5.74, 6) is -0.113. The maximum Gasteiger partial charge on any atom is 0.261 e. The van der Waals surface area contributed by atoms with Gasteiger partial charge in [0.25, 0.3) is 10.0 Å². The predicted octanol–water partition coefficient (Wildman–Crippen LogP) is 1.50. The van der Waals surface area contributed by atoms with Gasteiger partial charge in [-0.2, -0.15) is 0 Å². The summed E-state index contributed by atoms with van der Waals surface area (Å²) < 4.78 is 27.7. The number of fused-ring (bicyclic) bond motifs is 1. The van der Waals surface area contributed by atoms with Crippen molar-refractivity contribution >= 4 is 21.6 Å². The van der Waals surface area contributed by atoms with E-state index in [1.54, 1.807) is 55.3 Å². The fourth-order valence-electron chi connectivity index (χ4n) is 2.91. The van der Waals surface area contributed by atoms with Crippen LogP contribution in [0.4, 0.5) is 5.69 Å². The van der Waals surface area contributed by atoms with Crippen LogP contribution >= 0.6 is 0 Å². The molecule has 0 saturated heterocycles. The molecule has 7 nitrogen and oxygen atoms in total. The number of nitrogens with zero attached hydrogens (tertiary/aromatic N) is 2. The summed E-state index contributed by atoms with van der Waals surface area (Å²) >= 11 is 0. The highest BCUT2D eigenvalue weighted by Gasteiger charge is 2.30. The number of hydrogen-bond donors (Lipinski definition) is 2. The smallest absolute Gasteiger partial charge is 0.261 e. The van der Waals surface area contributed by atoms with E-state index in [9.17, 15) is 13.2 Å². The van der Waals surface area contributed by atoms with Crippen LogP contribution in [0.3, 0.4) is 0 Å². The molecule has 3 N–H and O–H groups in total. The van der Waals surface area contributed by atoms with Crippen LogP contribution in [-0.4, -0.2) is 36.3 Å². The third-order valence-electron chi connectivity index (χ3n) is 4.25. The molecular weight excluding hydrogens is 352 g/mol. The largest absolute Gasteiger partial charge is 0.336 e. The Labute approximate surface area is 153 Å². The lowest BCUT2D eigenvalue weighted by molar-refractivity contribution is -0.136. The second kappa shape index (κ2) is 6.69. The minimum absolute atomic E-state index is 0.113. The van der Waals surface area contributed by atoms with E-state index >= 15 is 0 Å². The summed E-state index contributed by atoms with van der Waals surface area (Å²) in [4.78, 5) is 18.2. The van der Waals surface area contributed by atoms with E-state index in [1.807, 2.05) is 0 Å². The Morgan fingerprint density at radius 3 is 2.69 bits per heavy atom. The summed E-state index contributed by atoms with van der Waals surface area (Å²) in [6, 6.07) is 8.29. The molecule has 0 saturated carbocycles. The van der Waals surface area contributed by atoms with Gasteiger partial charge in [0.05, 0.1) is 22.3 Å². The molecule has 0 unspecified atom stereocenters. The standard InChI is InChI=1S/C18H22N4O3S/c1-18(2,19)17(23)22-9-7-13-10-16(6-5-14(13)12-22)26(24,25)21-15-4-3-8-20-11-15/h3-6,8,10-11,21H,7,9,12,19H2,1-2H3. The maximum atomic E-state index is 12.6. The molecule has 0 fully saturated rings. The summed E-state index contributed by atoms with van der Waals surface area (Å²) in [6.07, 6.45) is 3.62. The molecule has 2 heterocycles. The number of carbonyl (C=O) groups is 1. The van der Waals surface area contributed by atoms with Crippen LogP contribution < -0.4 is 10.5 Å². The average molecular weight is 374 g/mol. The monoisotopic (exact) mass is 374 g/mol. The fraction of sp³-hybridized carbons (Fsp3) is 0.333. The van der Waals surface area contributed by atoms with Crippen LogP contribution in [0.1, 0.15) is 25.0 Å². The minimum atomic E-state index is -3.69. The third-order valence-corrected chi connectivity index (χ3v) is 5.63. The van der Waals surface area contributed by atoms with Gasteiger partial charge in [-0.3, -0.25) is 14.5 Å². The number of rotatable bonds is 4. The predicted molar refractivity (Wildman–Crippen MR) is 98.9 cm³/mol. The van der Waals surface area contributed by atoms with Crippen LogP contribution in [0, 0.1) is 0 Å². The molecule has 0 spiro atoms. The maximum absolute atomic E-state index is 12.6. The Hall–Kier alpha value is -2.45. The number of aromatic nitrogens is 1. The van der Waals surface area contributed by atoms with Crippen LogP contribution in [0.15, 0.2) is 47.6 Å². The van der Waals surface area contributed by atoms with Gasteiger partial charge in [0.2, 0.25) is 5.91 Å². The molecule has 0 bridgehead atoms. The van der Waals surface area contributed by atoms with Crippen LogP contribution in [-0.2, 0) is 27.8 Å². The Kier molecular flexibility index (Phi) is 4.72. The minimum Gasteiger partial charge on any atom is -0.336 e. The summed E-state index contributed by atoms with van der Waals surface area (Å²) in [5, 5.41) is 0. The Balaban J connectivity index is 1.81. The summed E-state index contributed by atoms with van der Waals surface area (Å²) in [6.45, 7) is 4.33. The zero-order valence-electron chi connectivity index (χ0n) is 14.8. The molecule has 1 aromatic carbocycles. The van der Waals surface area contributed by atoms with Crippen LogP contribution in [0.5, 0.6) is 0 Å². The first-order valence-electron chi connectivity index (χ1n) is 8.30. The normalized spacial score (nSPS) is 14.7. The molecule has 1 aliphatic heterocycles. The number of amides is 1. The van der Waals surface area contributed by atoms with Crippen molar-refractivity contribution in [1.82, 2.24) is 9.88 Å². The van der Waals surface area contributed by atoms with Crippen molar-refractivity contribution in [2.24, 2.45) is 5.73 Å². The summed E-state index contributed by atoms with van der Waals surface area (Å²) in [7, 11) is -3.69. The highest BCUT2D eigenvalue weighted by atomic mass is 32.2. The molecule has 1 amide bonds. The van der Waals surface area contributed by atoms with Gasteiger partial charge >= 0.3 is 0 Å². The lowest BCUT2D eigenvalue weighted by Gasteiger charge is -2.33. The average Bonchev–Trinajstić information content (AvgIpc) is 2.60. The number of nitrogens with two attached hydrogens (primary N) is 1. The van der Waals surface area contributed by atoms with E-state index in [2.05, 4.69) is 9.71 Å². The van der Waals surface area contributed by atoms with Crippen molar-refractivity contribution in [3.05, 3.63) is 53.9 Å². The van der Waals surface area contributed by atoms with Gasteiger partial charge in [-0.1, -0.05) is 6.07 Å². The van der Waals surface area contributed by atoms with Gasteiger partial charge in [-0.05, 0) is 55.7 Å². The number of sulfonamides is 1. The van der Waals surface area contributed by atoms with E-state index < -0.39 is 15.6 Å². The van der Waals surface area contributed by atoms with Gasteiger partial charge in [-0.15, -0.1) is 0 Å². The fourth-order valence-corrected chi connectivity index (χ4v) is 4.01. The number of nitrogens with one attached hydrogen (secondary N) is 1. The van der Waals surface area contributed by atoms with E-state index in [-0.39, 0.29) is 10.8 Å². The summed E-state index contributed by atoms with van der Waals surface area (Å²) in [5.41, 5.74) is 7.26. The van der Waals surface area contributed by atoms with E-state index in [0.29, 0.717) is 25.2 Å². The molecule has 1 aliphatic rings. The first-order chi connectivity index (χ1) is 12.2. The molecular formula is C18H22N4O3S. The van der Waals surface area contributed by atoms with E-state index in [0.717, 1.165) is 11.1 Å². The first-order valence-corrected chi connectivity index (χ1v) is 9.78. The van der Waals surface area contributed by atoms with Crippen molar-refractivity contribution in [2.75, 3.05) is 11.3 Å². The molecule has 138 valence electrons. The molecule has 0 radical (unpaired) electrons. The Morgan fingerprint density at radius 2 is 2.04 bits per heavy atom. The molecule has 1 aromatic heterocycles. The molecule has 26 heavy (non-hydrogen) atoms. The van der Waals surface area contributed by atoms with Gasteiger partial charge in [-0.25, -0.2) is 8.42 Å². The Bertz CT molecular complexity index is 921. The van der Waals surface area contributed by atoms with Crippen molar-refractivity contribution in [2.45, 2.75) is 37.2 Å². The zero-order chi connectivity index (χ0) is 18.9. The van der Waals surface area contributed by atoms with Gasteiger partial charge in [0.1, 0.15) is 0 Å². The van der Waals surface area contributed by atoms with Gasteiger partial charge in [0.15, 0.2) is 0 Å². The molecule has 3 rings (SSSR count). The third kappa shape index (κ3) is 3.86. The van der Waals surface area contributed by atoms with E-state index in [4.69, 9.17) is 5.73 Å². The highest BCUT2D eigenvalue weighted by Crippen LogP contribution is 2.25. The first kappa shape index (κ1) is 18.3. The number of carbonyl (C=O) groups excluding carboxylic acids is 1. The lowest BCUT2D eigenvalue weighted by Crippen LogP contribution is -2.52. The van der Waals surface area contributed by atoms with Crippen LogP contribution in [0.2, 0.25) is 0 Å². The number of benzene rings is 1. The molecule has 0 atom stereocenters. The second-order valence-corrected chi connectivity index (χ2v) is 8.66. The second-order valence-electron chi connectivity index (χ2n) is 6.98. The van der Waals surface area contributed by atoms with Crippen molar-refractivity contribution < 1.29 is 13.2 Å². The SMILES string of the molecule is CC(C)(N)C(=O)N1CCc2cc(S(=O)(=O)Nc3cccnc3)ccc2C1. The van der Waals surface area contributed by atoms with Crippen molar-refractivity contribution in [3.8, 4) is 0 Å². The van der Waals surface area contributed by atoms with E-state index in [1.165, 1.54) is 6.20 Å². The zero-order valence-corrected chi connectivity index (χ0v) is 15.6. The molecule has 2 aromatic rings. The van der Waals surface area contributed by atoms with Crippen molar-refractivity contribution in [1.29, 1.82) is 0 Å². The quantitative estimate of drug-likeness (QED) is 0.844. The topological polar surface area (TPSA) is 105 Å². The number of pyridine rings is 1. The van der Waals surface area contributed by atoms with Crippen molar-refractivity contribution in [3.63, 3.8) is 0 Å². The van der Waals surface area contributed by atoms with Gasteiger partial charge < -0.3 is 10.6 Å². The number of anilines is 1. The van der Waals surface area contributed by atoms with Crippen LogP contribution in [0.25, 0.3) is 0 Å².